The van der Waals surface area contributed by atoms with Crippen molar-refractivity contribution in [2.75, 3.05) is 5.32 Å². The Morgan fingerprint density at radius 2 is 1.79 bits per heavy atom. The quantitative estimate of drug-likeness (QED) is 0.356. The number of carboxylic acid groups (broad SMARTS) is 1. The van der Waals surface area contributed by atoms with Gasteiger partial charge in [0.15, 0.2) is 11.5 Å². The average molecular weight is 546 g/mol. The van der Waals surface area contributed by atoms with Gasteiger partial charge < -0.3 is 14.6 Å². The maximum atomic E-state index is 14.6. The molecule has 1 unspecified atom stereocenters. The van der Waals surface area contributed by atoms with Crippen molar-refractivity contribution in [1.29, 1.82) is 0 Å². The lowest BCUT2D eigenvalue weighted by Crippen LogP contribution is -2.44. The molecule has 0 saturated carbocycles. The van der Waals surface area contributed by atoms with Gasteiger partial charge in [0.1, 0.15) is 11.5 Å². The molecule has 0 aliphatic carbocycles. The van der Waals surface area contributed by atoms with Gasteiger partial charge in [-0.15, -0.1) is 10.2 Å². The Morgan fingerprint density at radius 1 is 1.08 bits per heavy atom. The van der Waals surface area contributed by atoms with Crippen molar-refractivity contribution in [2.24, 2.45) is 0 Å². The fraction of sp³-hybridized carbons (Fsp3) is 0.227. The van der Waals surface area contributed by atoms with Gasteiger partial charge in [-0.3, -0.25) is 10.1 Å². The Labute approximate surface area is 206 Å². The minimum atomic E-state index is -5.66. The number of hydrogen-bond donors (Lipinski definition) is 3. The number of aliphatic hydroxyl groups is 1. The fourth-order valence-corrected chi connectivity index (χ4v) is 3.65. The van der Waals surface area contributed by atoms with Gasteiger partial charge in [0.2, 0.25) is 0 Å². The number of allylic oxidation sites excluding steroid dienone is 1. The van der Waals surface area contributed by atoms with Crippen LogP contribution in [0.4, 0.5) is 41.2 Å². The minimum Gasteiger partial charge on any atom is -0.465 e. The molecule has 1 aromatic carbocycles. The summed E-state index contributed by atoms with van der Waals surface area (Å²) in [6, 6.07) is 2.52. The second-order valence-corrected chi connectivity index (χ2v) is 7.93. The lowest BCUT2D eigenvalue weighted by atomic mass is 9.90. The van der Waals surface area contributed by atoms with Crippen LogP contribution in [0.3, 0.4) is 0 Å². The van der Waals surface area contributed by atoms with E-state index in [0.717, 1.165) is 12.1 Å². The zero-order chi connectivity index (χ0) is 28.0. The Bertz CT molecular complexity index is 1470. The summed E-state index contributed by atoms with van der Waals surface area (Å²) in [7, 11) is 0. The van der Waals surface area contributed by atoms with Gasteiger partial charge in [0, 0.05) is 12.0 Å². The van der Waals surface area contributed by atoms with Crippen LogP contribution in [0.1, 0.15) is 45.9 Å². The van der Waals surface area contributed by atoms with Crippen molar-refractivity contribution in [3.8, 4) is 11.6 Å². The molecule has 200 valence electrons. The van der Waals surface area contributed by atoms with Crippen LogP contribution in [0.5, 0.6) is 0 Å². The van der Waals surface area contributed by atoms with Crippen molar-refractivity contribution in [3.05, 3.63) is 64.4 Å². The molecule has 1 aliphatic heterocycles. The molecule has 1 aliphatic rings. The Kier molecular flexibility index (Phi) is 6.47. The van der Waals surface area contributed by atoms with E-state index in [9.17, 15) is 45.4 Å². The first-order chi connectivity index (χ1) is 17.6. The van der Waals surface area contributed by atoms with Crippen molar-refractivity contribution in [1.82, 2.24) is 15.2 Å². The second kappa shape index (κ2) is 9.20. The zero-order valence-electron chi connectivity index (χ0n) is 18.5. The average Bonchev–Trinajstić information content (AvgIpc) is 3.30. The first-order valence-corrected chi connectivity index (χ1v) is 10.4. The molecule has 0 spiro atoms. The van der Waals surface area contributed by atoms with Gasteiger partial charge in [-0.05, 0) is 30.2 Å². The number of alkyl halides is 6. The number of benzene rings is 1. The topological polar surface area (TPSA) is 138 Å². The number of anilines is 1. The van der Waals surface area contributed by atoms with E-state index in [1.165, 1.54) is 6.08 Å². The summed E-state index contributed by atoms with van der Waals surface area (Å²) in [4.78, 5) is 27.4. The van der Waals surface area contributed by atoms with E-state index in [2.05, 4.69) is 15.2 Å². The largest absolute Gasteiger partial charge is 0.465 e. The molecule has 2 aromatic heterocycles. The zero-order valence-corrected chi connectivity index (χ0v) is 18.5. The number of rotatable bonds is 1. The lowest BCUT2D eigenvalue weighted by Gasteiger charge is -2.28. The highest BCUT2D eigenvalue weighted by Gasteiger charge is 2.61. The highest BCUT2D eigenvalue weighted by atomic mass is 19.4. The molecule has 1 atom stereocenters. The van der Waals surface area contributed by atoms with Crippen LogP contribution >= 0.6 is 0 Å². The van der Waals surface area contributed by atoms with Gasteiger partial charge in [-0.25, -0.2) is 14.2 Å². The molecule has 0 saturated heterocycles. The SMILES string of the molecule is O=C(O)Nc1cc(C(F)(F)F)c2nc1-c1nnc(o1)C(O)(C(F)(F)F)c1cc(ccc1F)C=CCCC2=O. The van der Waals surface area contributed by atoms with Crippen molar-refractivity contribution in [3.63, 3.8) is 0 Å². The van der Waals surface area contributed by atoms with E-state index in [1.807, 2.05) is 0 Å². The third-order valence-electron chi connectivity index (χ3n) is 5.41. The lowest BCUT2D eigenvalue weighted by molar-refractivity contribution is -0.256. The highest BCUT2D eigenvalue weighted by Crippen LogP contribution is 2.46. The molecule has 1 amide bonds. The number of Topliss-reactive ketones (excluding diaryl/α,β-unsaturated/α-hetero) is 1. The number of carbonyl (C=O) groups is 2. The molecule has 9 nitrogen and oxygen atoms in total. The molecule has 0 radical (unpaired) electrons. The number of fused-ring (bicyclic) bond motifs is 7. The number of nitrogens with one attached hydrogen (secondary N) is 1. The molecule has 16 heteroatoms. The predicted octanol–water partition coefficient (Wildman–Crippen LogP) is 5.17. The Morgan fingerprint density at radius 3 is 2.42 bits per heavy atom. The molecule has 3 heterocycles. The summed E-state index contributed by atoms with van der Waals surface area (Å²) in [5.41, 5.74) is -10.4. The molecular weight excluding hydrogens is 533 g/mol. The Balaban J connectivity index is 2.06. The normalized spacial score (nSPS) is 18.1. The van der Waals surface area contributed by atoms with Crippen molar-refractivity contribution in [2.45, 2.75) is 30.8 Å². The number of carbonyl (C=O) groups excluding carboxylic acids is 1. The maximum absolute atomic E-state index is 14.6. The number of halogens is 7. The number of nitrogens with zero attached hydrogens (tertiary/aromatic N) is 3. The second-order valence-electron chi connectivity index (χ2n) is 7.93. The van der Waals surface area contributed by atoms with E-state index in [0.29, 0.717) is 12.1 Å². The fourth-order valence-electron chi connectivity index (χ4n) is 3.65. The first kappa shape index (κ1) is 26.7. The van der Waals surface area contributed by atoms with Crippen LogP contribution < -0.4 is 5.32 Å². The van der Waals surface area contributed by atoms with E-state index >= 15 is 0 Å². The third kappa shape index (κ3) is 4.69. The predicted molar refractivity (Wildman–Crippen MR) is 112 cm³/mol. The molecule has 3 aromatic rings. The van der Waals surface area contributed by atoms with E-state index in [4.69, 9.17) is 9.52 Å². The summed E-state index contributed by atoms with van der Waals surface area (Å²) < 4.78 is 103. The molecule has 6 bridgehead atoms. The van der Waals surface area contributed by atoms with Gasteiger partial charge in [-0.1, -0.05) is 18.2 Å². The van der Waals surface area contributed by atoms with Crippen molar-refractivity contribution >= 4 is 23.6 Å². The summed E-state index contributed by atoms with van der Waals surface area (Å²) in [6.07, 6.45) is -11.1. The summed E-state index contributed by atoms with van der Waals surface area (Å²) in [6.45, 7) is 0. The molecule has 3 N–H and O–H groups in total. The third-order valence-corrected chi connectivity index (χ3v) is 5.41. The molecular formula is C22H13F7N4O5. The Hall–Kier alpha value is -4.34. The number of pyridine rings is 1. The number of hydrogen-bond acceptors (Lipinski definition) is 7. The number of ketones is 1. The van der Waals surface area contributed by atoms with Crippen LogP contribution in [0.2, 0.25) is 0 Å². The molecule has 4 rings (SSSR count). The number of amides is 1. The maximum Gasteiger partial charge on any atom is 0.430 e. The highest BCUT2D eigenvalue weighted by molar-refractivity contribution is 5.98. The standard InChI is InChI=1S/C22H13F7N4O5/c23-12-6-5-9-3-1-2-4-14(34)15-11(21(24,25)26)8-13(30-19(35)36)16(31-15)17-32-33-18(38-17)20(37,10(12)7-9)22(27,28)29/h1,3,5-8,30,37H,2,4H2,(H,35,36). The van der Waals surface area contributed by atoms with E-state index in [-0.39, 0.29) is 18.1 Å². The van der Waals surface area contributed by atoms with Crippen LogP contribution in [0, 0.1) is 5.82 Å². The van der Waals surface area contributed by atoms with Crippen LogP contribution in [-0.4, -0.2) is 43.4 Å². The summed E-state index contributed by atoms with van der Waals surface area (Å²) in [5.74, 6) is -5.40. The van der Waals surface area contributed by atoms with Gasteiger partial charge >= 0.3 is 18.4 Å². The van der Waals surface area contributed by atoms with Gasteiger partial charge in [0.25, 0.3) is 17.4 Å². The van der Waals surface area contributed by atoms with E-state index < -0.39 is 82.1 Å². The van der Waals surface area contributed by atoms with Crippen molar-refractivity contribution < 1.29 is 55.0 Å². The summed E-state index contributed by atoms with van der Waals surface area (Å²) >= 11 is 0. The monoisotopic (exact) mass is 546 g/mol. The van der Waals surface area contributed by atoms with Gasteiger partial charge in [0.05, 0.1) is 11.3 Å². The summed E-state index contributed by atoms with van der Waals surface area (Å²) in [5, 5.41) is 27.8. The number of aromatic nitrogens is 3. The minimum absolute atomic E-state index is 0.0613. The molecule has 0 fully saturated rings. The van der Waals surface area contributed by atoms with Gasteiger partial charge in [-0.2, -0.15) is 26.3 Å². The van der Waals surface area contributed by atoms with Crippen LogP contribution in [0.25, 0.3) is 17.7 Å². The first-order valence-electron chi connectivity index (χ1n) is 10.4. The van der Waals surface area contributed by atoms with E-state index in [1.54, 1.807) is 5.32 Å². The van der Waals surface area contributed by atoms with Crippen LogP contribution in [0.15, 0.2) is 34.8 Å². The molecule has 38 heavy (non-hydrogen) atoms. The van der Waals surface area contributed by atoms with Crippen LogP contribution in [-0.2, 0) is 11.8 Å². The smallest absolute Gasteiger partial charge is 0.430 e.